The molecule has 0 amide bonds. The van der Waals surface area contributed by atoms with E-state index in [1.54, 1.807) is 0 Å². The summed E-state index contributed by atoms with van der Waals surface area (Å²) in [6, 6.07) is 0. The number of hydrogen-bond acceptors (Lipinski definition) is 2. The molecule has 0 saturated carbocycles. The first-order chi connectivity index (χ1) is 6.68. The maximum Gasteiger partial charge on any atom is 0.00396 e. The molecule has 2 heteroatoms. The van der Waals surface area contributed by atoms with Gasteiger partial charge in [0, 0.05) is 6.54 Å². The summed E-state index contributed by atoms with van der Waals surface area (Å²) in [5, 5.41) is 3.40. The predicted molar refractivity (Wildman–Crippen MR) is 69.1 cm³/mol. The first-order valence-electron chi connectivity index (χ1n) is 5.60. The fourth-order valence-corrected chi connectivity index (χ4v) is 2.03. The molecule has 0 aliphatic heterocycles. The molecule has 0 bridgehead atoms. The van der Waals surface area contributed by atoms with E-state index in [1.807, 2.05) is 11.8 Å². The summed E-state index contributed by atoms with van der Waals surface area (Å²) in [6.07, 6.45) is 4.65. The molecular weight excluding hydrogens is 190 g/mol. The Labute approximate surface area is 93.7 Å². The van der Waals surface area contributed by atoms with E-state index in [9.17, 15) is 0 Å². The van der Waals surface area contributed by atoms with Crippen LogP contribution in [-0.2, 0) is 0 Å². The Balaban J connectivity index is 3.68. The second-order valence-electron chi connectivity index (χ2n) is 3.94. The summed E-state index contributed by atoms with van der Waals surface area (Å²) in [5.74, 6) is 2.52. The SMILES string of the molecule is C=CC(C)(CCCSCC)CNCC. The van der Waals surface area contributed by atoms with Gasteiger partial charge in [-0.2, -0.15) is 11.8 Å². The lowest BCUT2D eigenvalue weighted by Gasteiger charge is -2.25. The minimum absolute atomic E-state index is 0.282. The molecule has 1 nitrogen and oxygen atoms in total. The van der Waals surface area contributed by atoms with Crippen molar-refractivity contribution in [1.82, 2.24) is 5.32 Å². The molecule has 0 aromatic carbocycles. The summed E-state index contributed by atoms with van der Waals surface area (Å²) >= 11 is 2.03. The number of nitrogens with one attached hydrogen (secondary N) is 1. The third-order valence-corrected chi connectivity index (χ3v) is 3.50. The van der Waals surface area contributed by atoms with E-state index in [1.165, 1.54) is 24.3 Å². The summed E-state index contributed by atoms with van der Waals surface area (Å²) < 4.78 is 0. The van der Waals surface area contributed by atoms with Crippen molar-refractivity contribution >= 4 is 11.8 Å². The van der Waals surface area contributed by atoms with Crippen molar-refractivity contribution in [3.8, 4) is 0 Å². The maximum absolute atomic E-state index is 3.94. The fourth-order valence-electron chi connectivity index (χ4n) is 1.40. The van der Waals surface area contributed by atoms with E-state index >= 15 is 0 Å². The third kappa shape index (κ3) is 6.50. The highest BCUT2D eigenvalue weighted by atomic mass is 32.2. The van der Waals surface area contributed by atoms with Gasteiger partial charge in [0.2, 0.25) is 0 Å². The van der Waals surface area contributed by atoms with Gasteiger partial charge in [0.1, 0.15) is 0 Å². The first kappa shape index (κ1) is 14.1. The van der Waals surface area contributed by atoms with Gasteiger partial charge >= 0.3 is 0 Å². The number of rotatable bonds is 9. The Morgan fingerprint density at radius 2 is 2.14 bits per heavy atom. The highest BCUT2D eigenvalue weighted by molar-refractivity contribution is 7.99. The molecule has 0 radical (unpaired) electrons. The smallest absolute Gasteiger partial charge is 0.00396 e. The molecule has 1 atom stereocenters. The van der Waals surface area contributed by atoms with Crippen LogP contribution in [0.3, 0.4) is 0 Å². The molecule has 0 aliphatic rings. The molecule has 14 heavy (non-hydrogen) atoms. The van der Waals surface area contributed by atoms with Crippen molar-refractivity contribution in [3.05, 3.63) is 12.7 Å². The molecule has 0 aromatic heterocycles. The Morgan fingerprint density at radius 1 is 1.43 bits per heavy atom. The van der Waals surface area contributed by atoms with Crippen molar-refractivity contribution in [2.45, 2.75) is 33.6 Å². The maximum atomic E-state index is 3.94. The van der Waals surface area contributed by atoms with Crippen molar-refractivity contribution in [2.75, 3.05) is 24.6 Å². The zero-order chi connectivity index (χ0) is 10.9. The molecule has 0 rings (SSSR count). The van der Waals surface area contributed by atoms with Gasteiger partial charge in [-0.1, -0.05) is 26.8 Å². The van der Waals surface area contributed by atoms with Gasteiger partial charge in [0.05, 0.1) is 0 Å². The fraction of sp³-hybridized carbons (Fsp3) is 0.833. The van der Waals surface area contributed by atoms with Crippen LogP contribution in [0.2, 0.25) is 0 Å². The quantitative estimate of drug-likeness (QED) is 0.468. The lowest BCUT2D eigenvalue weighted by molar-refractivity contribution is 0.366. The predicted octanol–water partition coefficient (Wildman–Crippen LogP) is 3.32. The Kier molecular flexibility index (Phi) is 8.40. The molecule has 0 heterocycles. The Bertz CT molecular complexity index is 147. The van der Waals surface area contributed by atoms with Crippen molar-refractivity contribution in [2.24, 2.45) is 5.41 Å². The lowest BCUT2D eigenvalue weighted by Crippen LogP contribution is -2.30. The molecule has 0 fully saturated rings. The van der Waals surface area contributed by atoms with Gasteiger partial charge in [-0.25, -0.2) is 0 Å². The van der Waals surface area contributed by atoms with E-state index in [0.29, 0.717) is 0 Å². The van der Waals surface area contributed by atoms with Gasteiger partial charge in [0.15, 0.2) is 0 Å². The van der Waals surface area contributed by atoms with Crippen LogP contribution >= 0.6 is 11.8 Å². The largest absolute Gasteiger partial charge is 0.316 e. The van der Waals surface area contributed by atoms with E-state index in [4.69, 9.17) is 0 Å². The molecule has 0 saturated heterocycles. The van der Waals surface area contributed by atoms with Crippen LogP contribution in [0.15, 0.2) is 12.7 Å². The van der Waals surface area contributed by atoms with Crippen molar-refractivity contribution in [3.63, 3.8) is 0 Å². The van der Waals surface area contributed by atoms with E-state index in [-0.39, 0.29) is 5.41 Å². The highest BCUT2D eigenvalue weighted by Crippen LogP contribution is 2.24. The molecular formula is C12H25NS. The summed E-state index contributed by atoms with van der Waals surface area (Å²) in [6.45, 7) is 12.7. The van der Waals surface area contributed by atoms with E-state index < -0.39 is 0 Å². The lowest BCUT2D eigenvalue weighted by atomic mass is 9.86. The van der Waals surface area contributed by atoms with E-state index in [0.717, 1.165) is 13.1 Å². The summed E-state index contributed by atoms with van der Waals surface area (Å²) in [7, 11) is 0. The monoisotopic (exact) mass is 215 g/mol. The Hall–Kier alpha value is 0.0500. The van der Waals surface area contributed by atoms with Crippen LogP contribution in [0.25, 0.3) is 0 Å². The third-order valence-electron chi connectivity index (χ3n) is 2.51. The van der Waals surface area contributed by atoms with Gasteiger partial charge in [0.25, 0.3) is 0 Å². The van der Waals surface area contributed by atoms with Crippen LogP contribution in [0.4, 0.5) is 0 Å². The van der Waals surface area contributed by atoms with Crippen LogP contribution in [0.1, 0.15) is 33.6 Å². The number of thioether (sulfide) groups is 1. The van der Waals surface area contributed by atoms with Crippen molar-refractivity contribution < 1.29 is 0 Å². The molecule has 1 unspecified atom stereocenters. The Morgan fingerprint density at radius 3 is 2.64 bits per heavy atom. The van der Waals surface area contributed by atoms with E-state index in [2.05, 4.69) is 38.7 Å². The van der Waals surface area contributed by atoms with Gasteiger partial charge in [-0.15, -0.1) is 6.58 Å². The zero-order valence-corrected chi connectivity index (χ0v) is 10.8. The normalized spacial score (nSPS) is 15.1. The summed E-state index contributed by atoms with van der Waals surface area (Å²) in [4.78, 5) is 0. The standard InChI is InChI=1S/C12H25NS/c1-5-12(4,11-13-6-2)9-8-10-14-7-3/h5,13H,1,6-11H2,2-4H3. The molecule has 84 valence electrons. The second kappa shape index (κ2) is 8.37. The van der Waals surface area contributed by atoms with Crippen LogP contribution in [-0.4, -0.2) is 24.6 Å². The topological polar surface area (TPSA) is 12.0 Å². The molecule has 0 spiro atoms. The molecule has 0 aromatic rings. The minimum Gasteiger partial charge on any atom is -0.316 e. The van der Waals surface area contributed by atoms with Gasteiger partial charge < -0.3 is 5.32 Å². The molecule has 1 N–H and O–H groups in total. The van der Waals surface area contributed by atoms with Crippen LogP contribution in [0, 0.1) is 5.41 Å². The minimum atomic E-state index is 0.282. The zero-order valence-electron chi connectivity index (χ0n) is 9.94. The molecule has 0 aliphatic carbocycles. The van der Waals surface area contributed by atoms with Crippen LogP contribution < -0.4 is 5.32 Å². The highest BCUT2D eigenvalue weighted by Gasteiger charge is 2.18. The van der Waals surface area contributed by atoms with Gasteiger partial charge in [-0.3, -0.25) is 0 Å². The summed E-state index contributed by atoms with van der Waals surface area (Å²) in [5.41, 5.74) is 0.282. The average Bonchev–Trinajstić information content (AvgIpc) is 2.22. The van der Waals surface area contributed by atoms with Gasteiger partial charge in [-0.05, 0) is 36.3 Å². The van der Waals surface area contributed by atoms with Crippen LogP contribution in [0.5, 0.6) is 0 Å². The van der Waals surface area contributed by atoms with Crippen molar-refractivity contribution in [1.29, 1.82) is 0 Å². The second-order valence-corrected chi connectivity index (χ2v) is 5.33. The number of hydrogen-bond donors (Lipinski definition) is 1. The average molecular weight is 215 g/mol. The first-order valence-corrected chi connectivity index (χ1v) is 6.76.